The van der Waals surface area contributed by atoms with E-state index in [1.807, 2.05) is 0 Å². The molecule has 0 spiro atoms. The van der Waals surface area contributed by atoms with Crippen molar-refractivity contribution in [2.45, 2.75) is 18.2 Å². The molecule has 0 saturated heterocycles. The number of methoxy groups -OCH3 is 1. The summed E-state index contributed by atoms with van der Waals surface area (Å²) in [6.07, 6.45) is -6.99. The largest absolute Gasteiger partial charge is 0.467 e. The summed E-state index contributed by atoms with van der Waals surface area (Å²) in [4.78, 5) is 22.7. The first-order valence-electron chi connectivity index (χ1n) is 5.28. The molecule has 0 aliphatic heterocycles. The first-order chi connectivity index (χ1) is 9.11. The molecule has 1 aromatic carbocycles. The Kier molecular flexibility index (Phi) is 4.49. The Hall–Kier alpha value is -1.96. The van der Waals surface area contributed by atoms with Gasteiger partial charge in [0.05, 0.1) is 13.5 Å². The standard InChI is InChI=1S/C12H10F4O4/c1-20-10(18)11(19,12(14,15)16)6-9(17)7-3-2-4-8(13)5-7/h2-5,19H,6H2,1H3/t11-/m0/s1. The van der Waals surface area contributed by atoms with E-state index in [1.54, 1.807) is 0 Å². The van der Waals surface area contributed by atoms with Gasteiger partial charge in [0.1, 0.15) is 5.82 Å². The molecule has 110 valence electrons. The maximum atomic E-state index is 12.9. The van der Waals surface area contributed by atoms with Gasteiger partial charge in [-0.2, -0.15) is 13.2 Å². The van der Waals surface area contributed by atoms with E-state index in [-0.39, 0.29) is 0 Å². The van der Waals surface area contributed by atoms with Crippen LogP contribution in [-0.4, -0.2) is 35.7 Å². The highest BCUT2D eigenvalue weighted by Gasteiger charge is 2.61. The summed E-state index contributed by atoms with van der Waals surface area (Å²) < 4.78 is 54.9. The van der Waals surface area contributed by atoms with Crippen LogP contribution in [0.4, 0.5) is 17.6 Å². The van der Waals surface area contributed by atoms with Crippen molar-refractivity contribution < 1.29 is 37.0 Å². The summed E-state index contributed by atoms with van der Waals surface area (Å²) in [6.45, 7) is 0. The molecule has 0 radical (unpaired) electrons. The Labute approximate surface area is 111 Å². The van der Waals surface area contributed by atoms with Gasteiger partial charge in [-0.15, -0.1) is 0 Å². The van der Waals surface area contributed by atoms with Crippen LogP contribution in [0.3, 0.4) is 0 Å². The number of halogens is 4. The molecule has 0 heterocycles. The molecule has 1 rings (SSSR count). The fraction of sp³-hybridized carbons (Fsp3) is 0.333. The van der Waals surface area contributed by atoms with E-state index in [4.69, 9.17) is 0 Å². The van der Waals surface area contributed by atoms with Gasteiger partial charge in [0.15, 0.2) is 5.78 Å². The highest BCUT2D eigenvalue weighted by Crippen LogP contribution is 2.35. The van der Waals surface area contributed by atoms with Crippen LogP contribution in [-0.2, 0) is 9.53 Å². The van der Waals surface area contributed by atoms with Crippen LogP contribution in [0.5, 0.6) is 0 Å². The second-order valence-electron chi connectivity index (χ2n) is 3.96. The Morgan fingerprint density at radius 1 is 1.30 bits per heavy atom. The van der Waals surface area contributed by atoms with Crippen LogP contribution in [0, 0.1) is 5.82 Å². The molecular weight excluding hydrogens is 284 g/mol. The average molecular weight is 294 g/mol. The summed E-state index contributed by atoms with van der Waals surface area (Å²) in [5, 5.41) is 9.40. The van der Waals surface area contributed by atoms with Crippen LogP contribution >= 0.6 is 0 Å². The third-order valence-corrected chi connectivity index (χ3v) is 2.56. The van der Waals surface area contributed by atoms with Gasteiger partial charge < -0.3 is 9.84 Å². The number of hydrogen-bond acceptors (Lipinski definition) is 4. The fourth-order valence-corrected chi connectivity index (χ4v) is 1.45. The highest BCUT2D eigenvalue weighted by atomic mass is 19.4. The molecule has 1 aromatic rings. The number of benzene rings is 1. The maximum absolute atomic E-state index is 12.9. The molecule has 1 N–H and O–H groups in total. The van der Waals surface area contributed by atoms with Crippen LogP contribution < -0.4 is 0 Å². The van der Waals surface area contributed by atoms with E-state index in [1.165, 1.54) is 0 Å². The zero-order chi connectivity index (χ0) is 15.6. The molecule has 0 saturated carbocycles. The minimum atomic E-state index is -5.40. The van der Waals surface area contributed by atoms with Crippen LogP contribution in [0.25, 0.3) is 0 Å². The van der Waals surface area contributed by atoms with Crippen molar-refractivity contribution in [1.29, 1.82) is 0 Å². The smallest absolute Gasteiger partial charge is 0.428 e. The van der Waals surface area contributed by atoms with Crippen molar-refractivity contribution in [3.8, 4) is 0 Å². The lowest BCUT2D eigenvalue weighted by Gasteiger charge is -2.26. The maximum Gasteiger partial charge on any atom is 0.428 e. The van der Waals surface area contributed by atoms with Gasteiger partial charge in [0.2, 0.25) is 0 Å². The van der Waals surface area contributed by atoms with Crippen molar-refractivity contribution in [3.63, 3.8) is 0 Å². The summed E-state index contributed by atoms with van der Waals surface area (Å²) >= 11 is 0. The topological polar surface area (TPSA) is 63.6 Å². The number of carbonyl (C=O) groups excluding carboxylic acids is 2. The minimum absolute atomic E-state index is 0.392. The Morgan fingerprint density at radius 2 is 1.90 bits per heavy atom. The molecular formula is C12H10F4O4. The number of esters is 1. The average Bonchev–Trinajstić information content (AvgIpc) is 2.36. The van der Waals surface area contributed by atoms with Gasteiger partial charge in [-0.1, -0.05) is 12.1 Å². The number of rotatable bonds is 4. The van der Waals surface area contributed by atoms with Crippen molar-refractivity contribution in [1.82, 2.24) is 0 Å². The molecule has 0 fully saturated rings. The monoisotopic (exact) mass is 294 g/mol. The van der Waals surface area contributed by atoms with Crippen molar-refractivity contribution in [2.75, 3.05) is 7.11 Å². The van der Waals surface area contributed by atoms with Crippen molar-refractivity contribution in [3.05, 3.63) is 35.6 Å². The van der Waals surface area contributed by atoms with Gasteiger partial charge >= 0.3 is 12.1 Å². The Bertz CT molecular complexity index is 526. The Morgan fingerprint density at radius 3 is 2.35 bits per heavy atom. The van der Waals surface area contributed by atoms with Crippen molar-refractivity contribution >= 4 is 11.8 Å². The van der Waals surface area contributed by atoms with Gasteiger partial charge in [-0.3, -0.25) is 4.79 Å². The van der Waals surface area contributed by atoms with E-state index in [0.29, 0.717) is 13.2 Å². The van der Waals surface area contributed by atoms with Gasteiger partial charge in [-0.25, -0.2) is 9.18 Å². The second-order valence-corrected chi connectivity index (χ2v) is 3.96. The predicted molar refractivity (Wildman–Crippen MR) is 58.4 cm³/mol. The normalized spacial score (nSPS) is 14.5. The van der Waals surface area contributed by atoms with E-state index in [0.717, 1.165) is 18.2 Å². The third-order valence-electron chi connectivity index (χ3n) is 2.56. The molecule has 8 heteroatoms. The molecule has 0 aromatic heterocycles. The molecule has 0 aliphatic rings. The van der Waals surface area contributed by atoms with Crippen LogP contribution in [0.1, 0.15) is 16.8 Å². The SMILES string of the molecule is COC(=O)[C@@](O)(CC(=O)c1cccc(F)c1)C(F)(F)F. The second kappa shape index (κ2) is 5.58. The summed E-state index contributed by atoms with van der Waals surface area (Å²) in [5.74, 6) is -4.08. The Balaban J connectivity index is 3.09. The van der Waals surface area contributed by atoms with Crippen LogP contribution in [0.2, 0.25) is 0 Å². The van der Waals surface area contributed by atoms with E-state index < -0.39 is 41.3 Å². The first kappa shape index (κ1) is 16.1. The van der Waals surface area contributed by atoms with Gasteiger partial charge in [-0.05, 0) is 12.1 Å². The number of ether oxygens (including phenoxy) is 1. The summed E-state index contributed by atoms with van der Waals surface area (Å²) in [7, 11) is 0.645. The molecule has 0 amide bonds. The lowest BCUT2D eigenvalue weighted by atomic mass is 9.93. The van der Waals surface area contributed by atoms with E-state index in [2.05, 4.69) is 4.74 Å². The predicted octanol–water partition coefficient (Wildman–Crippen LogP) is 1.86. The molecule has 0 aliphatic carbocycles. The zero-order valence-corrected chi connectivity index (χ0v) is 10.2. The quantitative estimate of drug-likeness (QED) is 0.523. The minimum Gasteiger partial charge on any atom is -0.467 e. The molecule has 20 heavy (non-hydrogen) atoms. The number of Topliss-reactive ketones (excluding diaryl/α,β-unsaturated/α-hetero) is 1. The molecule has 0 bridgehead atoms. The number of ketones is 1. The number of carbonyl (C=O) groups is 2. The highest BCUT2D eigenvalue weighted by molar-refractivity contribution is 6.00. The molecule has 1 atom stereocenters. The van der Waals surface area contributed by atoms with Crippen LogP contribution in [0.15, 0.2) is 24.3 Å². The summed E-state index contributed by atoms with van der Waals surface area (Å²) in [5.41, 5.74) is -4.36. The zero-order valence-electron chi connectivity index (χ0n) is 10.2. The lowest BCUT2D eigenvalue weighted by Crippen LogP contribution is -2.54. The number of hydrogen-bond donors (Lipinski definition) is 1. The fourth-order valence-electron chi connectivity index (χ4n) is 1.45. The van der Waals surface area contributed by atoms with E-state index >= 15 is 0 Å². The molecule has 4 nitrogen and oxygen atoms in total. The van der Waals surface area contributed by atoms with Gasteiger partial charge in [0, 0.05) is 5.56 Å². The number of alkyl halides is 3. The third kappa shape index (κ3) is 3.13. The summed E-state index contributed by atoms with van der Waals surface area (Å²) in [6, 6.07) is 3.89. The lowest BCUT2D eigenvalue weighted by molar-refractivity contribution is -0.260. The van der Waals surface area contributed by atoms with Crippen molar-refractivity contribution in [2.24, 2.45) is 0 Å². The van der Waals surface area contributed by atoms with E-state index in [9.17, 15) is 32.3 Å². The number of aliphatic hydroxyl groups is 1. The van der Waals surface area contributed by atoms with Gasteiger partial charge in [0.25, 0.3) is 5.60 Å². The first-order valence-corrected chi connectivity index (χ1v) is 5.28. The molecule has 0 unspecified atom stereocenters.